The van der Waals surface area contributed by atoms with E-state index in [9.17, 15) is 9.59 Å². The zero-order valence-corrected chi connectivity index (χ0v) is 15.6. The van der Waals surface area contributed by atoms with E-state index in [0.717, 1.165) is 29.1 Å². The zero-order valence-electron chi connectivity index (χ0n) is 15.6. The third kappa shape index (κ3) is 3.68. The molecule has 2 amide bonds. The van der Waals surface area contributed by atoms with Gasteiger partial charge in [0.2, 0.25) is 0 Å². The number of para-hydroxylation sites is 1. The van der Waals surface area contributed by atoms with Gasteiger partial charge in [0.15, 0.2) is 0 Å². The fraction of sp³-hybridized carbons (Fsp3) is 0.364. The standard InChI is InChI=1S/C22H25N3O2/c1-14-11-20(22(27)23-13-15-7-3-2-4-8-15)24-19(14)12-17-16-9-5-6-10-18(16)25-21(17)26/h5-6,9-12,15,24H,2-4,7-8,13H2,1H3,(H,23,27)(H,25,26)/b17-12-. The van der Waals surface area contributed by atoms with Crippen molar-refractivity contribution in [2.75, 3.05) is 11.9 Å². The van der Waals surface area contributed by atoms with Gasteiger partial charge in [-0.3, -0.25) is 9.59 Å². The van der Waals surface area contributed by atoms with Gasteiger partial charge in [-0.25, -0.2) is 0 Å². The Morgan fingerprint density at radius 1 is 1.22 bits per heavy atom. The highest BCUT2D eigenvalue weighted by Gasteiger charge is 2.24. The molecule has 1 aromatic heterocycles. The van der Waals surface area contributed by atoms with Crippen molar-refractivity contribution >= 4 is 29.2 Å². The molecule has 2 aliphatic rings. The summed E-state index contributed by atoms with van der Waals surface area (Å²) in [6.45, 7) is 2.68. The summed E-state index contributed by atoms with van der Waals surface area (Å²) in [4.78, 5) is 28.0. The van der Waals surface area contributed by atoms with Gasteiger partial charge in [-0.15, -0.1) is 0 Å². The van der Waals surface area contributed by atoms with Gasteiger partial charge < -0.3 is 15.6 Å². The number of aryl methyl sites for hydroxylation is 1. The van der Waals surface area contributed by atoms with Gasteiger partial charge in [-0.05, 0) is 49.5 Å². The lowest BCUT2D eigenvalue weighted by Gasteiger charge is -2.21. The second-order valence-electron chi connectivity index (χ2n) is 7.55. The van der Waals surface area contributed by atoms with E-state index in [4.69, 9.17) is 0 Å². The summed E-state index contributed by atoms with van der Waals surface area (Å²) >= 11 is 0. The molecule has 1 fully saturated rings. The molecule has 27 heavy (non-hydrogen) atoms. The first-order valence-corrected chi connectivity index (χ1v) is 9.72. The Balaban J connectivity index is 1.50. The van der Waals surface area contributed by atoms with Crippen LogP contribution in [0.5, 0.6) is 0 Å². The number of carbonyl (C=O) groups excluding carboxylic acids is 2. The predicted octanol–water partition coefficient (Wildman–Crippen LogP) is 4.13. The maximum absolute atomic E-state index is 12.5. The lowest BCUT2D eigenvalue weighted by molar-refractivity contribution is -0.110. The highest BCUT2D eigenvalue weighted by atomic mass is 16.2. The van der Waals surface area contributed by atoms with Crippen LogP contribution in [0, 0.1) is 12.8 Å². The highest BCUT2D eigenvalue weighted by Crippen LogP contribution is 2.33. The Kier molecular flexibility index (Phi) is 4.84. The summed E-state index contributed by atoms with van der Waals surface area (Å²) in [5.41, 5.74) is 4.61. The lowest BCUT2D eigenvalue weighted by Crippen LogP contribution is -2.30. The molecule has 4 rings (SSSR count). The predicted molar refractivity (Wildman–Crippen MR) is 107 cm³/mol. The Morgan fingerprint density at radius 3 is 2.81 bits per heavy atom. The summed E-state index contributed by atoms with van der Waals surface area (Å²) in [5, 5.41) is 5.93. The van der Waals surface area contributed by atoms with Crippen molar-refractivity contribution in [3.63, 3.8) is 0 Å². The number of hydrogen-bond acceptors (Lipinski definition) is 2. The fourth-order valence-electron chi connectivity index (χ4n) is 4.00. The van der Waals surface area contributed by atoms with Crippen LogP contribution in [0.25, 0.3) is 11.6 Å². The van der Waals surface area contributed by atoms with Crippen LogP contribution in [-0.4, -0.2) is 23.3 Å². The highest BCUT2D eigenvalue weighted by molar-refractivity contribution is 6.34. The van der Waals surface area contributed by atoms with Gasteiger partial charge >= 0.3 is 0 Å². The topological polar surface area (TPSA) is 74.0 Å². The molecule has 1 aliphatic carbocycles. The Hall–Kier alpha value is -2.82. The minimum Gasteiger partial charge on any atom is -0.351 e. The second kappa shape index (κ2) is 7.43. The van der Waals surface area contributed by atoms with Crippen LogP contribution in [0.3, 0.4) is 0 Å². The normalized spacial score (nSPS) is 18.4. The number of H-pyrrole nitrogens is 1. The van der Waals surface area contributed by atoms with Crippen LogP contribution in [0.1, 0.15) is 59.4 Å². The maximum atomic E-state index is 12.5. The van der Waals surface area contributed by atoms with E-state index < -0.39 is 0 Å². The lowest BCUT2D eigenvalue weighted by atomic mass is 9.89. The molecule has 0 unspecified atom stereocenters. The maximum Gasteiger partial charge on any atom is 0.267 e. The van der Waals surface area contributed by atoms with E-state index >= 15 is 0 Å². The third-order valence-corrected chi connectivity index (χ3v) is 5.57. The minimum absolute atomic E-state index is 0.0791. The van der Waals surface area contributed by atoms with E-state index in [-0.39, 0.29) is 11.8 Å². The van der Waals surface area contributed by atoms with E-state index in [1.165, 1.54) is 32.1 Å². The summed E-state index contributed by atoms with van der Waals surface area (Å²) in [7, 11) is 0. The largest absolute Gasteiger partial charge is 0.351 e. The molecular weight excluding hydrogens is 338 g/mol. The van der Waals surface area contributed by atoms with Gasteiger partial charge in [-0.2, -0.15) is 0 Å². The van der Waals surface area contributed by atoms with Gasteiger partial charge in [0.25, 0.3) is 11.8 Å². The number of rotatable bonds is 4. The molecule has 2 aromatic rings. The first-order chi connectivity index (χ1) is 13.1. The fourth-order valence-corrected chi connectivity index (χ4v) is 4.00. The van der Waals surface area contributed by atoms with Crippen molar-refractivity contribution in [2.24, 2.45) is 5.92 Å². The van der Waals surface area contributed by atoms with Crippen LogP contribution in [-0.2, 0) is 4.79 Å². The molecule has 0 saturated heterocycles. The number of anilines is 1. The molecule has 0 bridgehead atoms. The Morgan fingerprint density at radius 2 is 2.00 bits per heavy atom. The van der Waals surface area contributed by atoms with E-state index in [1.54, 1.807) is 0 Å². The molecule has 3 N–H and O–H groups in total. The summed E-state index contributed by atoms with van der Waals surface area (Å²) in [6, 6.07) is 9.48. The minimum atomic E-state index is -0.117. The molecule has 0 spiro atoms. The molecular formula is C22H25N3O2. The van der Waals surface area contributed by atoms with Crippen molar-refractivity contribution < 1.29 is 9.59 Å². The number of fused-ring (bicyclic) bond motifs is 1. The van der Waals surface area contributed by atoms with Crippen molar-refractivity contribution in [3.8, 4) is 0 Å². The summed E-state index contributed by atoms with van der Waals surface area (Å²) < 4.78 is 0. The number of nitrogens with one attached hydrogen (secondary N) is 3. The van der Waals surface area contributed by atoms with Crippen LogP contribution in [0.15, 0.2) is 30.3 Å². The van der Waals surface area contributed by atoms with E-state index in [1.807, 2.05) is 43.3 Å². The first kappa shape index (κ1) is 17.6. The molecule has 1 saturated carbocycles. The number of benzene rings is 1. The average molecular weight is 363 g/mol. The van der Waals surface area contributed by atoms with Gasteiger partial charge in [0, 0.05) is 23.5 Å². The average Bonchev–Trinajstić information content (AvgIpc) is 3.21. The summed E-state index contributed by atoms with van der Waals surface area (Å²) in [5.74, 6) is 0.400. The van der Waals surface area contributed by atoms with Gasteiger partial charge in [0.1, 0.15) is 5.69 Å². The Bertz CT molecular complexity index is 904. The summed E-state index contributed by atoms with van der Waals surface area (Å²) in [6.07, 6.45) is 8.09. The van der Waals surface area contributed by atoms with Crippen LogP contribution in [0.2, 0.25) is 0 Å². The number of hydrogen-bond donors (Lipinski definition) is 3. The third-order valence-electron chi connectivity index (χ3n) is 5.57. The zero-order chi connectivity index (χ0) is 18.8. The van der Waals surface area contributed by atoms with Gasteiger partial charge in [0.05, 0.1) is 5.57 Å². The smallest absolute Gasteiger partial charge is 0.267 e. The Labute approximate surface area is 159 Å². The molecule has 1 aliphatic heterocycles. The van der Waals surface area contributed by atoms with E-state index in [2.05, 4.69) is 15.6 Å². The quantitative estimate of drug-likeness (QED) is 0.715. The van der Waals surface area contributed by atoms with Crippen LogP contribution in [0.4, 0.5) is 5.69 Å². The molecule has 5 heteroatoms. The molecule has 5 nitrogen and oxygen atoms in total. The molecule has 1 aromatic carbocycles. The SMILES string of the molecule is Cc1cc(C(=O)NCC2CCCCC2)[nH]c1/C=C1\C(=O)Nc2ccccc21. The monoisotopic (exact) mass is 363 g/mol. The van der Waals surface area contributed by atoms with Crippen molar-refractivity contribution in [1.29, 1.82) is 0 Å². The molecule has 140 valence electrons. The number of carbonyl (C=O) groups is 2. The number of aromatic nitrogens is 1. The second-order valence-corrected chi connectivity index (χ2v) is 7.55. The van der Waals surface area contributed by atoms with Crippen molar-refractivity contribution in [2.45, 2.75) is 39.0 Å². The first-order valence-electron chi connectivity index (χ1n) is 9.72. The molecule has 2 heterocycles. The van der Waals surface area contributed by atoms with Crippen molar-refractivity contribution in [1.82, 2.24) is 10.3 Å². The number of amides is 2. The molecule has 0 atom stereocenters. The number of aromatic amines is 1. The van der Waals surface area contributed by atoms with Gasteiger partial charge in [-0.1, -0.05) is 37.5 Å². The van der Waals surface area contributed by atoms with E-state index in [0.29, 0.717) is 17.2 Å². The van der Waals surface area contributed by atoms with Crippen molar-refractivity contribution in [3.05, 3.63) is 52.8 Å². The molecule has 0 radical (unpaired) electrons. The van der Waals surface area contributed by atoms with Crippen LogP contribution < -0.4 is 10.6 Å². The van der Waals surface area contributed by atoms with Crippen LogP contribution >= 0.6 is 0 Å².